The van der Waals surface area contributed by atoms with Gasteiger partial charge in [0.25, 0.3) is 0 Å². The van der Waals surface area contributed by atoms with Gasteiger partial charge in [-0.2, -0.15) is 5.26 Å². The molecule has 1 rings (SSSR count). The maximum atomic E-state index is 8.87. The molecule has 0 aromatic heterocycles. The normalized spacial score (nSPS) is 21.3. The van der Waals surface area contributed by atoms with Gasteiger partial charge in [0.2, 0.25) is 11.6 Å². The molecular formula is C11H15NO4. The van der Waals surface area contributed by atoms with E-state index in [0.717, 1.165) is 0 Å². The molecule has 16 heavy (non-hydrogen) atoms. The van der Waals surface area contributed by atoms with Gasteiger partial charge in [-0.15, -0.1) is 0 Å². The Morgan fingerprint density at radius 1 is 1.00 bits per heavy atom. The number of nitriles is 1. The molecule has 0 atom stereocenters. The van der Waals surface area contributed by atoms with Gasteiger partial charge in [-0.25, -0.2) is 0 Å². The van der Waals surface area contributed by atoms with Gasteiger partial charge in [-0.3, -0.25) is 0 Å². The minimum Gasteiger partial charge on any atom is -0.345 e. The van der Waals surface area contributed by atoms with Crippen LogP contribution in [0.25, 0.3) is 0 Å². The molecular weight excluding hydrogens is 210 g/mol. The highest BCUT2D eigenvalue weighted by Gasteiger charge is 2.53. The maximum absolute atomic E-state index is 8.87. The van der Waals surface area contributed by atoms with Gasteiger partial charge in [-0.1, -0.05) is 0 Å². The number of hydrogen-bond donors (Lipinski definition) is 0. The first kappa shape index (κ1) is 12.9. The highest BCUT2D eigenvalue weighted by Crippen LogP contribution is 2.37. The van der Waals surface area contributed by atoms with Crippen LogP contribution in [0.2, 0.25) is 0 Å². The van der Waals surface area contributed by atoms with E-state index < -0.39 is 11.6 Å². The minimum absolute atomic E-state index is 0.424. The lowest BCUT2D eigenvalue weighted by atomic mass is 9.95. The van der Waals surface area contributed by atoms with Crippen molar-refractivity contribution in [3.8, 4) is 6.07 Å². The molecule has 0 fully saturated rings. The first-order valence-corrected chi connectivity index (χ1v) is 4.66. The molecule has 0 spiro atoms. The average molecular weight is 225 g/mol. The Kier molecular flexibility index (Phi) is 3.83. The predicted molar refractivity (Wildman–Crippen MR) is 56.3 cm³/mol. The van der Waals surface area contributed by atoms with E-state index in [-0.39, 0.29) is 0 Å². The lowest BCUT2D eigenvalue weighted by Crippen LogP contribution is -2.58. The smallest absolute Gasteiger partial charge is 0.249 e. The van der Waals surface area contributed by atoms with E-state index in [1.165, 1.54) is 34.5 Å². The summed E-state index contributed by atoms with van der Waals surface area (Å²) in [6.07, 6.45) is 4.72. The fourth-order valence-electron chi connectivity index (χ4n) is 1.73. The first-order chi connectivity index (χ1) is 7.63. The fourth-order valence-corrected chi connectivity index (χ4v) is 1.73. The van der Waals surface area contributed by atoms with Crippen LogP contribution in [0.1, 0.15) is 0 Å². The molecule has 88 valence electrons. The summed E-state index contributed by atoms with van der Waals surface area (Å²) in [4.78, 5) is 0. The summed E-state index contributed by atoms with van der Waals surface area (Å²) in [6, 6.07) is 2.02. The monoisotopic (exact) mass is 225 g/mol. The summed E-state index contributed by atoms with van der Waals surface area (Å²) in [7, 11) is 5.87. The highest BCUT2D eigenvalue weighted by atomic mass is 16.8. The van der Waals surface area contributed by atoms with Gasteiger partial charge in [0, 0.05) is 28.4 Å². The Bertz CT molecular complexity index is 345. The van der Waals surface area contributed by atoms with E-state index in [1.807, 2.05) is 6.07 Å². The fraction of sp³-hybridized carbons (Fsp3) is 0.545. The zero-order chi connectivity index (χ0) is 12.2. The van der Waals surface area contributed by atoms with Crippen LogP contribution in [0.5, 0.6) is 0 Å². The van der Waals surface area contributed by atoms with Crippen molar-refractivity contribution in [3.05, 3.63) is 23.8 Å². The van der Waals surface area contributed by atoms with Crippen LogP contribution >= 0.6 is 0 Å². The standard InChI is InChI=1S/C11H15NO4/c1-13-10(14-2)6-5-9(8-12)7-11(10,15-3)16-4/h5-7H,1-4H3. The second-order valence-electron chi connectivity index (χ2n) is 3.20. The van der Waals surface area contributed by atoms with E-state index in [2.05, 4.69) is 0 Å². The second-order valence-corrected chi connectivity index (χ2v) is 3.20. The van der Waals surface area contributed by atoms with Crippen LogP contribution < -0.4 is 0 Å². The molecule has 0 bridgehead atoms. The van der Waals surface area contributed by atoms with Crippen LogP contribution in [-0.2, 0) is 18.9 Å². The third-order valence-electron chi connectivity index (χ3n) is 2.66. The first-order valence-electron chi connectivity index (χ1n) is 4.66. The molecule has 0 aromatic rings. The van der Waals surface area contributed by atoms with Crippen molar-refractivity contribution in [2.24, 2.45) is 0 Å². The number of allylic oxidation sites excluding steroid dienone is 2. The molecule has 0 unspecified atom stereocenters. The lowest BCUT2D eigenvalue weighted by Gasteiger charge is -2.43. The summed E-state index contributed by atoms with van der Waals surface area (Å²) >= 11 is 0. The third kappa shape index (κ3) is 1.66. The van der Waals surface area contributed by atoms with E-state index in [9.17, 15) is 0 Å². The summed E-state index contributed by atoms with van der Waals surface area (Å²) in [5, 5.41) is 8.87. The molecule has 0 N–H and O–H groups in total. The Labute approximate surface area is 94.9 Å². The van der Waals surface area contributed by atoms with Gasteiger partial charge in [0.1, 0.15) is 0 Å². The molecule has 1 aliphatic rings. The van der Waals surface area contributed by atoms with Crippen molar-refractivity contribution < 1.29 is 18.9 Å². The Balaban J connectivity index is 3.29. The van der Waals surface area contributed by atoms with Crippen LogP contribution in [0, 0.1) is 11.3 Å². The Morgan fingerprint density at radius 2 is 1.50 bits per heavy atom. The van der Waals surface area contributed by atoms with Gasteiger partial charge in [0.05, 0.1) is 11.6 Å². The van der Waals surface area contributed by atoms with Crippen molar-refractivity contribution in [1.29, 1.82) is 5.26 Å². The number of methoxy groups -OCH3 is 4. The molecule has 0 radical (unpaired) electrons. The SMILES string of the molecule is COC1(OC)C=CC(C#N)=CC1(OC)OC. The Hall–Kier alpha value is -1.19. The zero-order valence-electron chi connectivity index (χ0n) is 9.81. The van der Waals surface area contributed by atoms with Crippen molar-refractivity contribution >= 4 is 0 Å². The van der Waals surface area contributed by atoms with Crippen LogP contribution in [0.3, 0.4) is 0 Å². The van der Waals surface area contributed by atoms with Gasteiger partial charge >= 0.3 is 0 Å². The molecule has 0 heterocycles. The number of ether oxygens (including phenoxy) is 4. The zero-order valence-corrected chi connectivity index (χ0v) is 9.81. The van der Waals surface area contributed by atoms with Gasteiger partial charge in [0.15, 0.2) is 0 Å². The van der Waals surface area contributed by atoms with E-state index >= 15 is 0 Å². The molecule has 5 nitrogen and oxygen atoms in total. The molecule has 0 aromatic carbocycles. The lowest BCUT2D eigenvalue weighted by molar-refractivity contribution is -0.345. The van der Waals surface area contributed by atoms with E-state index in [4.69, 9.17) is 24.2 Å². The summed E-state index contributed by atoms with van der Waals surface area (Å²) in [5.74, 6) is -2.47. The van der Waals surface area contributed by atoms with E-state index in [0.29, 0.717) is 5.57 Å². The number of hydrogen-bond acceptors (Lipinski definition) is 5. The largest absolute Gasteiger partial charge is 0.345 e. The van der Waals surface area contributed by atoms with Crippen LogP contribution in [0.15, 0.2) is 23.8 Å². The minimum atomic E-state index is -1.27. The predicted octanol–water partition coefficient (Wildman–Crippen LogP) is 0.984. The summed E-state index contributed by atoms with van der Waals surface area (Å²) in [5.41, 5.74) is 0.424. The average Bonchev–Trinajstić information content (AvgIpc) is 2.37. The number of nitrogens with zero attached hydrogens (tertiary/aromatic N) is 1. The highest BCUT2D eigenvalue weighted by molar-refractivity contribution is 5.41. The molecule has 0 amide bonds. The summed E-state index contributed by atoms with van der Waals surface area (Å²) < 4.78 is 21.2. The van der Waals surface area contributed by atoms with Crippen molar-refractivity contribution in [1.82, 2.24) is 0 Å². The topological polar surface area (TPSA) is 60.7 Å². The van der Waals surface area contributed by atoms with Crippen LogP contribution in [-0.4, -0.2) is 40.0 Å². The second kappa shape index (κ2) is 4.76. The number of rotatable bonds is 4. The van der Waals surface area contributed by atoms with Crippen molar-refractivity contribution in [2.75, 3.05) is 28.4 Å². The maximum Gasteiger partial charge on any atom is 0.249 e. The molecule has 5 heteroatoms. The quantitative estimate of drug-likeness (QED) is 0.667. The van der Waals surface area contributed by atoms with Crippen LogP contribution in [0.4, 0.5) is 0 Å². The van der Waals surface area contributed by atoms with Gasteiger partial charge < -0.3 is 18.9 Å². The van der Waals surface area contributed by atoms with Crippen molar-refractivity contribution in [2.45, 2.75) is 11.6 Å². The molecule has 0 aliphatic heterocycles. The third-order valence-corrected chi connectivity index (χ3v) is 2.66. The van der Waals surface area contributed by atoms with Gasteiger partial charge in [-0.05, 0) is 18.2 Å². The summed E-state index contributed by atoms with van der Waals surface area (Å²) in [6.45, 7) is 0. The molecule has 1 aliphatic carbocycles. The molecule has 0 saturated carbocycles. The van der Waals surface area contributed by atoms with Crippen molar-refractivity contribution in [3.63, 3.8) is 0 Å². The van der Waals surface area contributed by atoms with E-state index in [1.54, 1.807) is 12.2 Å². The Morgan fingerprint density at radius 3 is 1.88 bits per heavy atom. The molecule has 0 saturated heterocycles.